The number of nitrogens with zero attached hydrogens (tertiary/aromatic N) is 2. The molecule has 0 saturated heterocycles. The van der Waals surface area contributed by atoms with E-state index in [0.29, 0.717) is 19.0 Å². The number of anilines is 1. The molecule has 8 nitrogen and oxygen atoms in total. The highest BCUT2D eigenvalue weighted by atomic mass is 16.5. The number of rotatable bonds is 3. The van der Waals surface area contributed by atoms with Crippen molar-refractivity contribution in [2.75, 3.05) is 19.0 Å². The third-order valence-electron chi connectivity index (χ3n) is 3.19. The molecule has 1 aromatic carbocycles. The summed E-state index contributed by atoms with van der Waals surface area (Å²) in [5, 5.41) is 16.4. The molecule has 0 radical (unpaired) electrons. The third-order valence-corrected chi connectivity index (χ3v) is 3.19. The minimum Gasteiger partial charge on any atom is -0.506 e. The Bertz CT molecular complexity index is 731. The van der Waals surface area contributed by atoms with Gasteiger partial charge < -0.3 is 19.9 Å². The van der Waals surface area contributed by atoms with Crippen LogP contribution in [0.3, 0.4) is 0 Å². The Balaban J connectivity index is 1.82. The van der Waals surface area contributed by atoms with Gasteiger partial charge >= 0.3 is 5.97 Å². The lowest BCUT2D eigenvalue weighted by Crippen LogP contribution is -2.14. The van der Waals surface area contributed by atoms with Crippen LogP contribution in [0, 0.1) is 0 Å². The Hall–Kier alpha value is -3.03. The zero-order valence-electron chi connectivity index (χ0n) is 11.7. The van der Waals surface area contributed by atoms with Crippen molar-refractivity contribution in [3.05, 3.63) is 35.5 Å². The third kappa shape index (κ3) is 2.46. The van der Waals surface area contributed by atoms with Gasteiger partial charge in [0.15, 0.2) is 5.69 Å². The average Bonchev–Trinajstić information content (AvgIpc) is 3.10. The Labute approximate surface area is 125 Å². The van der Waals surface area contributed by atoms with E-state index in [2.05, 4.69) is 15.2 Å². The summed E-state index contributed by atoms with van der Waals surface area (Å²) in [6.45, 7) is 1.12. The predicted molar refractivity (Wildman–Crippen MR) is 75.1 cm³/mol. The maximum atomic E-state index is 12.2. The van der Waals surface area contributed by atoms with Gasteiger partial charge in [0.05, 0.1) is 24.9 Å². The van der Waals surface area contributed by atoms with Crippen molar-refractivity contribution in [1.82, 2.24) is 9.78 Å². The van der Waals surface area contributed by atoms with Gasteiger partial charge in [-0.25, -0.2) is 9.48 Å². The summed E-state index contributed by atoms with van der Waals surface area (Å²) >= 11 is 0. The van der Waals surface area contributed by atoms with Crippen LogP contribution in [-0.2, 0) is 11.3 Å². The van der Waals surface area contributed by atoms with E-state index in [1.54, 1.807) is 4.68 Å². The minimum atomic E-state index is -0.565. The van der Waals surface area contributed by atoms with Gasteiger partial charge in [-0.15, -0.1) is 0 Å². The standard InChI is InChI=1S/C14H13N3O5/c1-21-14(20)8-2-3-11(18)9(6-8)15-13(19)10-7-12-17(16-10)4-5-22-12/h2-3,6-7,18H,4-5H2,1H3,(H,15,19). The average molecular weight is 303 g/mol. The fourth-order valence-electron chi connectivity index (χ4n) is 2.09. The number of methoxy groups -OCH3 is 1. The highest BCUT2D eigenvalue weighted by Crippen LogP contribution is 2.26. The van der Waals surface area contributed by atoms with Crippen LogP contribution in [0.5, 0.6) is 11.6 Å². The van der Waals surface area contributed by atoms with E-state index < -0.39 is 11.9 Å². The number of ether oxygens (including phenoxy) is 2. The van der Waals surface area contributed by atoms with Crippen LogP contribution in [0.25, 0.3) is 0 Å². The fourth-order valence-corrected chi connectivity index (χ4v) is 2.09. The van der Waals surface area contributed by atoms with Crippen LogP contribution in [0.15, 0.2) is 24.3 Å². The number of carbonyl (C=O) groups is 2. The first-order valence-electron chi connectivity index (χ1n) is 6.52. The normalized spacial score (nSPS) is 12.4. The quantitative estimate of drug-likeness (QED) is 0.648. The molecular weight excluding hydrogens is 290 g/mol. The minimum absolute atomic E-state index is 0.0991. The first kappa shape index (κ1) is 13.9. The molecule has 3 rings (SSSR count). The molecule has 2 heterocycles. The Morgan fingerprint density at radius 3 is 2.95 bits per heavy atom. The van der Waals surface area contributed by atoms with Crippen molar-refractivity contribution in [3.8, 4) is 11.6 Å². The van der Waals surface area contributed by atoms with Crippen molar-refractivity contribution in [3.63, 3.8) is 0 Å². The molecule has 114 valence electrons. The molecule has 2 aromatic rings. The molecule has 0 atom stereocenters. The summed E-state index contributed by atoms with van der Waals surface area (Å²) in [6.07, 6.45) is 0. The Kier molecular flexibility index (Phi) is 3.42. The smallest absolute Gasteiger partial charge is 0.337 e. The molecule has 1 amide bonds. The van der Waals surface area contributed by atoms with Crippen molar-refractivity contribution in [1.29, 1.82) is 0 Å². The summed E-state index contributed by atoms with van der Waals surface area (Å²) in [5.74, 6) is -0.714. The summed E-state index contributed by atoms with van der Waals surface area (Å²) in [4.78, 5) is 23.6. The fraction of sp³-hybridized carbons (Fsp3) is 0.214. The molecule has 0 unspecified atom stereocenters. The molecule has 0 aliphatic carbocycles. The summed E-state index contributed by atoms with van der Waals surface area (Å²) in [6, 6.07) is 5.55. The lowest BCUT2D eigenvalue weighted by Gasteiger charge is -2.07. The van der Waals surface area contributed by atoms with E-state index in [1.165, 1.54) is 31.4 Å². The number of hydrogen-bond donors (Lipinski definition) is 2. The number of benzene rings is 1. The molecule has 8 heteroatoms. The van der Waals surface area contributed by atoms with Gasteiger partial charge in [-0.1, -0.05) is 0 Å². The van der Waals surface area contributed by atoms with E-state index >= 15 is 0 Å². The number of aromatic hydroxyl groups is 1. The first-order chi connectivity index (χ1) is 10.6. The lowest BCUT2D eigenvalue weighted by molar-refractivity contribution is 0.0600. The zero-order chi connectivity index (χ0) is 15.7. The van der Waals surface area contributed by atoms with Gasteiger partial charge in [0.2, 0.25) is 5.88 Å². The van der Waals surface area contributed by atoms with Crippen LogP contribution in [0.2, 0.25) is 0 Å². The number of amides is 1. The van der Waals surface area contributed by atoms with Crippen molar-refractivity contribution in [2.24, 2.45) is 0 Å². The van der Waals surface area contributed by atoms with Crippen LogP contribution >= 0.6 is 0 Å². The monoisotopic (exact) mass is 303 g/mol. The topological polar surface area (TPSA) is 103 Å². The molecule has 0 spiro atoms. The summed E-state index contributed by atoms with van der Waals surface area (Å²) in [5.41, 5.74) is 0.478. The second-order valence-corrected chi connectivity index (χ2v) is 4.62. The number of esters is 1. The SMILES string of the molecule is COC(=O)c1ccc(O)c(NC(=O)c2cc3n(n2)CCO3)c1. The largest absolute Gasteiger partial charge is 0.506 e. The zero-order valence-corrected chi connectivity index (χ0v) is 11.7. The Morgan fingerprint density at radius 1 is 1.41 bits per heavy atom. The molecule has 2 N–H and O–H groups in total. The predicted octanol–water partition coefficient (Wildman–Crippen LogP) is 1.02. The van der Waals surface area contributed by atoms with Gasteiger partial charge in [0.25, 0.3) is 5.91 Å². The molecule has 22 heavy (non-hydrogen) atoms. The highest BCUT2D eigenvalue weighted by molar-refractivity contribution is 6.04. The molecule has 0 saturated carbocycles. The first-order valence-corrected chi connectivity index (χ1v) is 6.52. The van der Waals surface area contributed by atoms with E-state index in [0.717, 1.165) is 0 Å². The van der Waals surface area contributed by atoms with Gasteiger partial charge in [-0.3, -0.25) is 4.79 Å². The number of nitrogens with one attached hydrogen (secondary N) is 1. The molecule has 1 aromatic heterocycles. The van der Waals surface area contributed by atoms with Crippen LogP contribution in [0.4, 0.5) is 5.69 Å². The van der Waals surface area contributed by atoms with Gasteiger partial charge in [0, 0.05) is 6.07 Å². The van der Waals surface area contributed by atoms with Crippen molar-refractivity contribution in [2.45, 2.75) is 6.54 Å². The van der Waals surface area contributed by atoms with Gasteiger partial charge in [0.1, 0.15) is 12.4 Å². The number of phenolic OH excluding ortho intramolecular Hbond substituents is 1. The summed E-state index contributed by atoms with van der Waals surface area (Å²) in [7, 11) is 1.25. The van der Waals surface area contributed by atoms with Crippen molar-refractivity contribution >= 4 is 17.6 Å². The number of hydrogen-bond acceptors (Lipinski definition) is 6. The maximum absolute atomic E-state index is 12.2. The van der Waals surface area contributed by atoms with Crippen LogP contribution in [0.1, 0.15) is 20.8 Å². The van der Waals surface area contributed by atoms with E-state index in [9.17, 15) is 14.7 Å². The maximum Gasteiger partial charge on any atom is 0.337 e. The van der Waals surface area contributed by atoms with Crippen LogP contribution < -0.4 is 10.1 Å². The number of aromatic nitrogens is 2. The Morgan fingerprint density at radius 2 is 2.23 bits per heavy atom. The lowest BCUT2D eigenvalue weighted by atomic mass is 10.2. The van der Waals surface area contributed by atoms with Crippen molar-refractivity contribution < 1.29 is 24.2 Å². The number of fused-ring (bicyclic) bond motifs is 1. The molecule has 1 aliphatic heterocycles. The second-order valence-electron chi connectivity index (χ2n) is 4.62. The van der Waals surface area contributed by atoms with E-state index in [1.807, 2.05) is 0 Å². The van der Waals surface area contributed by atoms with Crippen LogP contribution in [-0.4, -0.2) is 40.5 Å². The molecular formula is C14H13N3O5. The summed E-state index contributed by atoms with van der Waals surface area (Å²) < 4.78 is 11.5. The van der Waals surface area contributed by atoms with E-state index in [-0.39, 0.29) is 22.7 Å². The van der Waals surface area contributed by atoms with Gasteiger partial charge in [-0.05, 0) is 18.2 Å². The van der Waals surface area contributed by atoms with Gasteiger partial charge in [-0.2, -0.15) is 5.10 Å². The second kappa shape index (κ2) is 5.40. The molecule has 0 fully saturated rings. The number of phenols is 1. The number of carbonyl (C=O) groups excluding carboxylic acids is 2. The highest BCUT2D eigenvalue weighted by Gasteiger charge is 2.20. The molecule has 0 bridgehead atoms. The molecule has 1 aliphatic rings. The van der Waals surface area contributed by atoms with E-state index in [4.69, 9.17) is 4.74 Å².